The van der Waals surface area contributed by atoms with E-state index < -0.39 is 0 Å². The molecular weight excluding hydrogens is 601 g/mol. The first-order valence-corrected chi connectivity index (χ1v) is 19.0. The molecule has 0 amide bonds. The number of aryl methyl sites for hydroxylation is 5. The summed E-state index contributed by atoms with van der Waals surface area (Å²) in [5.74, 6) is 0.736. The average molecular weight is 659 g/mol. The van der Waals surface area contributed by atoms with Gasteiger partial charge in [0, 0.05) is 5.41 Å². The standard InChI is InChI=1S/C26H28.C15H16.C7H8.C2H6/c1-17-13-14-21-23(15-17)26(2,3)24-16-22(18-9-5-4-6-10-18)19-11-7-8-12-20(19)25(21)24;1-11-8-9-15(13(3)10-11)14-7-5-4-6-12(14)2;1-7-5-3-2-4-6-7;1-2/h7-8,11-16,18H,4-6,9-10H2,1-3H3;4-10H,1-3H3;2-6H,1H3;1-2H3. The summed E-state index contributed by atoms with van der Waals surface area (Å²) in [7, 11) is 0. The molecule has 6 aromatic rings. The summed E-state index contributed by atoms with van der Waals surface area (Å²) in [5.41, 5.74) is 17.1. The van der Waals surface area contributed by atoms with Crippen LogP contribution >= 0.6 is 0 Å². The molecule has 1 saturated carbocycles. The van der Waals surface area contributed by atoms with Crippen LogP contribution in [0.1, 0.15) is 110 Å². The smallest absolute Gasteiger partial charge is 0.0159 e. The van der Waals surface area contributed by atoms with Crippen LogP contribution in [0.3, 0.4) is 0 Å². The van der Waals surface area contributed by atoms with Crippen molar-refractivity contribution in [2.24, 2.45) is 0 Å². The lowest BCUT2D eigenvalue weighted by molar-refractivity contribution is 0.445. The fourth-order valence-electron chi connectivity index (χ4n) is 8.00. The summed E-state index contributed by atoms with van der Waals surface area (Å²) in [5, 5.41) is 2.95. The van der Waals surface area contributed by atoms with Gasteiger partial charge in [-0.2, -0.15) is 0 Å². The summed E-state index contributed by atoms with van der Waals surface area (Å²) in [6.07, 6.45) is 6.90. The van der Waals surface area contributed by atoms with E-state index in [4.69, 9.17) is 0 Å². The van der Waals surface area contributed by atoms with E-state index in [2.05, 4.69) is 152 Å². The molecule has 0 unspecified atom stereocenters. The molecule has 6 aromatic carbocycles. The third-order valence-corrected chi connectivity index (χ3v) is 10.7. The highest BCUT2D eigenvalue weighted by molar-refractivity contribution is 6.04. The Morgan fingerprint density at radius 1 is 0.460 bits per heavy atom. The van der Waals surface area contributed by atoms with Crippen molar-refractivity contribution in [3.8, 4) is 22.3 Å². The van der Waals surface area contributed by atoms with Gasteiger partial charge in [0.1, 0.15) is 0 Å². The summed E-state index contributed by atoms with van der Waals surface area (Å²) in [6, 6.07) is 44.2. The van der Waals surface area contributed by atoms with Crippen LogP contribution < -0.4 is 0 Å². The molecule has 50 heavy (non-hydrogen) atoms. The van der Waals surface area contributed by atoms with E-state index >= 15 is 0 Å². The van der Waals surface area contributed by atoms with Gasteiger partial charge < -0.3 is 0 Å². The van der Waals surface area contributed by atoms with E-state index in [1.165, 1.54) is 104 Å². The van der Waals surface area contributed by atoms with Crippen molar-refractivity contribution in [3.63, 3.8) is 0 Å². The van der Waals surface area contributed by atoms with E-state index in [-0.39, 0.29) is 5.41 Å². The van der Waals surface area contributed by atoms with Crippen molar-refractivity contribution < 1.29 is 0 Å². The van der Waals surface area contributed by atoms with Crippen LogP contribution in [0.25, 0.3) is 33.0 Å². The second kappa shape index (κ2) is 16.5. The van der Waals surface area contributed by atoms with Crippen LogP contribution in [-0.4, -0.2) is 0 Å². The molecule has 2 aliphatic carbocycles. The molecule has 8 rings (SSSR count). The average Bonchev–Trinajstić information content (AvgIpc) is 3.36. The summed E-state index contributed by atoms with van der Waals surface area (Å²) >= 11 is 0. The molecule has 0 heterocycles. The molecule has 258 valence electrons. The lowest BCUT2D eigenvalue weighted by Gasteiger charge is -2.27. The number of benzene rings is 6. The van der Waals surface area contributed by atoms with Crippen molar-refractivity contribution in [1.29, 1.82) is 0 Å². The Balaban J connectivity index is 0.000000170. The number of rotatable bonds is 2. The van der Waals surface area contributed by atoms with Crippen molar-refractivity contribution in [2.75, 3.05) is 0 Å². The lowest BCUT2D eigenvalue weighted by atomic mass is 9.77. The highest BCUT2D eigenvalue weighted by Gasteiger charge is 2.37. The molecule has 2 aliphatic rings. The van der Waals surface area contributed by atoms with Crippen LogP contribution in [0.15, 0.2) is 121 Å². The van der Waals surface area contributed by atoms with Gasteiger partial charge in [0.15, 0.2) is 0 Å². The normalized spacial score (nSPS) is 14.2. The van der Waals surface area contributed by atoms with Crippen LogP contribution in [0, 0.1) is 34.6 Å². The zero-order chi connectivity index (χ0) is 35.8. The van der Waals surface area contributed by atoms with Gasteiger partial charge in [0.25, 0.3) is 0 Å². The maximum absolute atomic E-state index is 2.59. The molecule has 0 heteroatoms. The van der Waals surface area contributed by atoms with E-state index in [1.54, 1.807) is 5.56 Å². The largest absolute Gasteiger partial charge is 0.0683 e. The zero-order valence-electron chi connectivity index (χ0n) is 32.2. The monoisotopic (exact) mass is 658 g/mol. The summed E-state index contributed by atoms with van der Waals surface area (Å²) in [4.78, 5) is 0. The van der Waals surface area contributed by atoms with Crippen molar-refractivity contribution in [1.82, 2.24) is 0 Å². The molecular formula is C50H58. The van der Waals surface area contributed by atoms with Crippen molar-refractivity contribution in [3.05, 3.63) is 166 Å². The molecule has 0 atom stereocenters. The second-order valence-corrected chi connectivity index (χ2v) is 14.7. The highest BCUT2D eigenvalue weighted by Crippen LogP contribution is 2.53. The van der Waals surface area contributed by atoms with E-state index in [1.807, 2.05) is 32.0 Å². The number of hydrogen-bond acceptors (Lipinski definition) is 0. The Morgan fingerprint density at radius 3 is 1.64 bits per heavy atom. The molecule has 0 nitrogen and oxygen atoms in total. The fraction of sp³-hybridized carbons (Fsp3) is 0.320. The Bertz CT molecular complexity index is 2020. The van der Waals surface area contributed by atoms with Gasteiger partial charge in [0.05, 0.1) is 0 Å². The Kier molecular flexibility index (Phi) is 12.2. The quantitative estimate of drug-likeness (QED) is 0.174. The second-order valence-electron chi connectivity index (χ2n) is 14.7. The first-order valence-electron chi connectivity index (χ1n) is 19.0. The molecule has 0 aromatic heterocycles. The zero-order valence-corrected chi connectivity index (χ0v) is 32.2. The van der Waals surface area contributed by atoms with Crippen LogP contribution in [-0.2, 0) is 5.41 Å². The van der Waals surface area contributed by atoms with E-state index in [0.717, 1.165) is 5.92 Å². The van der Waals surface area contributed by atoms with Gasteiger partial charge in [-0.3, -0.25) is 0 Å². The van der Waals surface area contributed by atoms with Gasteiger partial charge >= 0.3 is 0 Å². The van der Waals surface area contributed by atoms with Gasteiger partial charge in [-0.15, -0.1) is 0 Å². The minimum Gasteiger partial charge on any atom is -0.0683 e. The first kappa shape index (κ1) is 36.9. The maximum atomic E-state index is 2.59. The molecule has 0 radical (unpaired) electrons. The Labute approximate surface area is 303 Å². The summed E-state index contributed by atoms with van der Waals surface area (Å²) in [6.45, 7) is 19.6. The highest BCUT2D eigenvalue weighted by atomic mass is 14.4. The van der Waals surface area contributed by atoms with Crippen molar-refractivity contribution >= 4 is 10.8 Å². The first-order chi connectivity index (χ1) is 24.1. The lowest BCUT2D eigenvalue weighted by Crippen LogP contribution is -2.16. The van der Waals surface area contributed by atoms with Gasteiger partial charge in [-0.05, 0) is 114 Å². The topological polar surface area (TPSA) is 0 Å². The van der Waals surface area contributed by atoms with E-state index in [9.17, 15) is 0 Å². The molecule has 0 N–H and O–H groups in total. The minimum atomic E-state index is 0.0874. The molecule has 0 saturated heterocycles. The van der Waals surface area contributed by atoms with Crippen LogP contribution in [0.4, 0.5) is 0 Å². The van der Waals surface area contributed by atoms with E-state index in [0.29, 0.717) is 0 Å². The fourth-order valence-corrected chi connectivity index (χ4v) is 8.00. The minimum absolute atomic E-state index is 0.0874. The van der Waals surface area contributed by atoms with Gasteiger partial charge in [-0.25, -0.2) is 0 Å². The van der Waals surface area contributed by atoms with Gasteiger partial charge in [0.2, 0.25) is 0 Å². The predicted octanol–water partition coefficient (Wildman–Crippen LogP) is 14.8. The Morgan fingerprint density at radius 2 is 1.02 bits per heavy atom. The summed E-state index contributed by atoms with van der Waals surface area (Å²) < 4.78 is 0. The van der Waals surface area contributed by atoms with Crippen LogP contribution in [0.2, 0.25) is 0 Å². The molecule has 1 fully saturated rings. The predicted molar refractivity (Wildman–Crippen MR) is 221 cm³/mol. The molecule has 0 bridgehead atoms. The maximum Gasteiger partial charge on any atom is 0.0159 e. The molecule has 0 spiro atoms. The SMILES string of the molecule is CC.Cc1ccc(-c2ccccc2C)c(C)c1.Cc1ccc2c(c1)C(C)(C)c1cc(C3CCCCC3)c3ccccc3c1-2.Cc1ccccc1. The van der Waals surface area contributed by atoms with Gasteiger partial charge in [-0.1, -0.05) is 185 Å². The molecule has 0 aliphatic heterocycles. The van der Waals surface area contributed by atoms with Crippen molar-refractivity contribution in [2.45, 2.75) is 106 Å². The van der Waals surface area contributed by atoms with Crippen LogP contribution in [0.5, 0.6) is 0 Å². The Hall–Kier alpha value is -4.42. The number of hydrogen-bond donors (Lipinski definition) is 0. The third-order valence-electron chi connectivity index (χ3n) is 10.7. The number of fused-ring (bicyclic) bond motifs is 5. The third kappa shape index (κ3) is 7.97.